The second kappa shape index (κ2) is 8.15. The summed E-state index contributed by atoms with van der Waals surface area (Å²) in [4.78, 5) is 23.5. The molecule has 4 N–H and O–H groups in total. The molecule has 2 atom stereocenters. The van der Waals surface area contributed by atoms with Crippen molar-refractivity contribution in [2.45, 2.75) is 64.5 Å². The standard InChI is InChI=1S/C14H27N3O2/c1-10(2)17-13(18)8-9-16-14(19)11-6-4-3-5-7-12(11)15/h10-12H,3-9,15H2,1-2H3,(H,16,19)(H,17,18). The number of nitrogens with one attached hydrogen (secondary N) is 2. The van der Waals surface area contributed by atoms with Crippen molar-refractivity contribution >= 4 is 11.8 Å². The molecule has 0 aromatic heterocycles. The largest absolute Gasteiger partial charge is 0.355 e. The van der Waals surface area contributed by atoms with E-state index in [0.717, 1.165) is 32.1 Å². The summed E-state index contributed by atoms with van der Waals surface area (Å²) < 4.78 is 0. The third-order valence-corrected chi connectivity index (χ3v) is 3.51. The lowest BCUT2D eigenvalue weighted by atomic mass is 9.94. The van der Waals surface area contributed by atoms with Crippen LogP contribution in [-0.4, -0.2) is 30.4 Å². The molecular weight excluding hydrogens is 242 g/mol. The minimum atomic E-state index is -0.0874. The van der Waals surface area contributed by atoms with Crippen molar-refractivity contribution in [2.24, 2.45) is 11.7 Å². The van der Waals surface area contributed by atoms with Crippen molar-refractivity contribution in [2.75, 3.05) is 6.54 Å². The highest BCUT2D eigenvalue weighted by molar-refractivity contribution is 5.81. The smallest absolute Gasteiger partial charge is 0.224 e. The van der Waals surface area contributed by atoms with Gasteiger partial charge in [0, 0.05) is 25.0 Å². The Balaban J connectivity index is 2.28. The van der Waals surface area contributed by atoms with E-state index in [1.54, 1.807) is 0 Å². The van der Waals surface area contributed by atoms with Crippen LogP contribution in [0.25, 0.3) is 0 Å². The minimum absolute atomic E-state index is 0.00625. The zero-order valence-corrected chi connectivity index (χ0v) is 12.1. The van der Waals surface area contributed by atoms with Crippen LogP contribution in [0.2, 0.25) is 0 Å². The van der Waals surface area contributed by atoms with E-state index in [1.165, 1.54) is 0 Å². The molecule has 0 spiro atoms. The van der Waals surface area contributed by atoms with Gasteiger partial charge in [0.2, 0.25) is 11.8 Å². The maximum Gasteiger partial charge on any atom is 0.224 e. The Morgan fingerprint density at radius 2 is 1.89 bits per heavy atom. The number of nitrogens with two attached hydrogens (primary N) is 1. The Bertz CT molecular complexity index is 305. The number of carbonyl (C=O) groups excluding carboxylic acids is 2. The van der Waals surface area contributed by atoms with Crippen LogP contribution >= 0.6 is 0 Å². The van der Waals surface area contributed by atoms with Gasteiger partial charge in [-0.15, -0.1) is 0 Å². The Morgan fingerprint density at radius 1 is 1.21 bits per heavy atom. The molecule has 1 rings (SSSR count). The molecule has 0 bridgehead atoms. The third kappa shape index (κ3) is 6.05. The van der Waals surface area contributed by atoms with E-state index >= 15 is 0 Å². The van der Waals surface area contributed by atoms with Gasteiger partial charge in [-0.05, 0) is 26.7 Å². The zero-order valence-electron chi connectivity index (χ0n) is 12.1. The Morgan fingerprint density at radius 3 is 2.58 bits per heavy atom. The highest BCUT2D eigenvalue weighted by atomic mass is 16.2. The maximum absolute atomic E-state index is 12.0. The predicted octanol–water partition coefficient (Wildman–Crippen LogP) is 0.925. The molecule has 2 unspecified atom stereocenters. The van der Waals surface area contributed by atoms with E-state index in [4.69, 9.17) is 5.73 Å². The summed E-state index contributed by atoms with van der Waals surface area (Å²) in [7, 11) is 0. The van der Waals surface area contributed by atoms with E-state index in [-0.39, 0.29) is 29.8 Å². The normalized spacial score (nSPS) is 23.8. The van der Waals surface area contributed by atoms with E-state index in [2.05, 4.69) is 10.6 Å². The lowest BCUT2D eigenvalue weighted by molar-refractivity contribution is -0.126. The molecule has 0 aromatic carbocycles. The van der Waals surface area contributed by atoms with E-state index in [9.17, 15) is 9.59 Å². The Labute approximate surface area is 115 Å². The number of hydrogen-bond acceptors (Lipinski definition) is 3. The lowest BCUT2D eigenvalue weighted by Crippen LogP contribution is -2.42. The summed E-state index contributed by atoms with van der Waals surface area (Å²) in [5, 5.41) is 5.63. The fourth-order valence-corrected chi connectivity index (χ4v) is 2.49. The summed E-state index contributed by atoms with van der Waals surface area (Å²) in [5.41, 5.74) is 6.04. The van der Waals surface area contributed by atoms with Gasteiger partial charge >= 0.3 is 0 Å². The first-order valence-electron chi connectivity index (χ1n) is 7.33. The highest BCUT2D eigenvalue weighted by Gasteiger charge is 2.26. The molecule has 5 heteroatoms. The molecule has 2 amide bonds. The quantitative estimate of drug-likeness (QED) is 0.649. The molecule has 0 heterocycles. The van der Waals surface area contributed by atoms with Crippen LogP contribution in [0, 0.1) is 5.92 Å². The van der Waals surface area contributed by atoms with Gasteiger partial charge in [-0.2, -0.15) is 0 Å². The molecule has 0 saturated heterocycles. The van der Waals surface area contributed by atoms with Crippen molar-refractivity contribution in [3.8, 4) is 0 Å². The monoisotopic (exact) mass is 269 g/mol. The first kappa shape index (κ1) is 16.0. The van der Waals surface area contributed by atoms with Gasteiger partial charge < -0.3 is 16.4 Å². The van der Waals surface area contributed by atoms with Gasteiger partial charge in [0.15, 0.2) is 0 Å². The van der Waals surface area contributed by atoms with Gasteiger partial charge in [0.25, 0.3) is 0 Å². The third-order valence-electron chi connectivity index (χ3n) is 3.51. The molecule has 1 aliphatic carbocycles. The van der Waals surface area contributed by atoms with Crippen molar-refractivity contribution in [3.63, 3.8) is 0 Å². The van der Waals surface area contributed by atoms with Crippen LogP contribution in [0.4, 0.5) is 0 Å². The van der Waals surface area contributed by atoms with Crippen LogP contribution in [-0.2, 0) is 9.59 Å². The van der Waals surface area contributed by atoms with Crippen LogP contribution in [0.3, 0.4) is 0 Å². The molecule has 1 aliphatic rings. The topological polar surface area (TPSA) is 84.2 Å². The fourth-order valence-electron chi connectivity index (χ4n) is 2.49. The van der Waals surface area contributed by atoms with E-state index in [0.29, 0.717) is 13.0 Å². The first-order chi connectivity index (χ1) is 9.00. The second-order valence-electron chi connectivity index (χ2n) is 5.67. The van der Waals surface area contributed by atoms with Gasteiger partial charge in [-0.25, -0.2) is 0 Å². The van der Waals surface area contributed by atoms with Crippen LogP contribution in [0.5, 0.6) is 0 Å². The van der Waals surface area contributed by atoms with Gasteiger partial charge in [-0.3, -0.25) is 9.59 Å². The number of hydrogen-bond donors (Lipinski definition) is 3. The molecule has 19 heavy (non-hydrogen) atoms. The van der Waals surface area contributed by atoms with Crippen molar-refractivity contribution in [1.82, 2.24) is 10.6 Å². The predicted molar refractivity (Wildman–Crippen MR) is 75.5 cm³/mol. The summed E-state index contributed by atoms with van der Waals surface area (Å²) in [6.45, 7) is 4.22. The SMILES string of the molecule is CC(C)NC(=O)CCNC(=O)C1CCCCCC1N. The average molecular weight is 269 g/mol. The summed E-state index contributed by atoms with van der Waals surface area (Å²) in [6.07, 6.45) is 5.46. The van der Waals surface area contributed by atoms with Crippen molar-refractivity contribution in [1.29, 1.82) is 0 Å². The number of carbonyl (C=O) groups is 2. The molecule has 0 radical (unpaired) electrons. The number of rotatable bonds is 5. The summed E-state index contributed by atoms with van der Waals surface area (Å²) in [6, 6.07) is 0.102. The molecule has 1 fully saturated rings. The lowest BCUT2D eigenvalue weighted by Gasteiger charge is -2.20. The van der Waals surface area contributed by atoms with E-state index in [1.807, 2.05) is 13.8 Å². The average Bonchev–Trinajstić information content (AvgIpc) is 2.52. The molecular formula is C14H27N3O2. The van der Waals surface area contributed by atoms with Crippen molar-refractivity contribution < 1.29 is 9.59 Å². The first-order valence-corrected chi connectivity index (χ1v) is 7.33. The number of amides is 2. The molecule has 0 aliphatic heterocycles. The highest BCUT2D eigenvalue weighted by Crippen LogP contribution is 2.22. The van der Waals surface area contributed by atoms with Gasteiger partial charge in [0.1, 0.15) is 0 Å². The van der Waals surface area contributed by atoms with Crippen LogP contribution in [0.15, 0.2) is 0 Å². The van der Waals surface area contributed by atoms with Crippen molar-refractivity contribution in [3.05, 3.63) is 0 Å². The summed E-state index contributed by atoms with van der Waals surface area (Å²) in [5.74, 6) is -0.108. The Hall–Kier alpha value is -1.10. The molecule has 110 valence electrons. The van der Waals surface area contributed by atoms with E-state index < -0.39 is 0 Å². The summed E-state index contributed by atoms with van der Waals surface area (Å²) >= 11 is 0. The Kier molecular flexibility index (Phi) is 6.84. The maximum atomic E-state index is 12.0. The van der Waals surface area contributed by atoms with Gasteiger partial charge in [-0.1, -0.05) is 19.3 Å². The van der Waals surface area contributed by atoms with Crippen LogP contribution < -0.4 is 16.4 Å². The van der Waals surface area contributed by atoms with Gasteiger partial charge in [0.05, 0.1) is 5.92 Å². The second-order valence-corrected chi connectivity index (χ2v) is 5.67. The molecule has 1 saturated carbocycles. The fraction of sp³-hybridized carbons (Fsp3) is 0.857. The zero-order chi connectivity index (χ0) is 14.3. The minimum Gasteiger partial charge on any atom is -0.355 e. The molecule has 5 nitrogen and oxygen atoms in total. The molecule has 0 aromatic rings. The van der Waals surface area contributed by atoms with Crippen LogP contribution in [0.1, 0.15) is 52.4 Å².